The van der Waals surface area contributed by atoms with Crippen molar-refractivity contribution in [1.29, 1.82) is 0 Å². The number of rotatable bonds is 8. The molecule has 0 aromatic heterocycles. The molecule has 0 aliphatic rings. The zero-order valence-electron chi connectivity index (χ0n) is 17.1. The van der Waals surface area contributed by atoms with E-state index in [1.807, 2.05) is 49.4 Å². The lowest BCUT2D eigenvalue weighted by Gasteiger charge is -2.18. The summed E-state index contributed by atoms with van der Waals surface area (Å²) < 4.78 is 9.25. The van der Waals surface area contributed by atoms with E-state index in [0.29, 0.717) is 10.9 Å². The molecule has 0 aliphatic carbocycles. The fourth-order valence-corrected chi connectivity index (χ4v) is 3.41. The Morgan fingerprint density at radius 1 is 1.00 bits per heavy atom. The number of nitrogens with one attached hydrogen (secondary N) is 1. The van der Waals surface area contributed by atoms with Crippen molar-refractivity contribution < 1.29 is 14.3 Å². The number of nitrogens with zero attached hydrogens (tertiary/aromatic N) is 1. The smallest absolute Gasteiger partial charge is 0.230 e. The van der Waals surface area contributed by atoms with Crippen LogP contribution >= 0.6 is 11.9 Å². The molecular weight excluding hydrogens is 372 g/mol. The molecule has 0 spiro atoms. The molecular formula is C22H28N2O3S. The number of benzene rings is 2. The second-order valence-electron chi connectivity index (χ2n) is 6.89. The van der Waals surface area contributed by atoms with E-state index in [1.165, 1.54) is 18.7 Å². The lowest BCUT2D eigenvalue weighted by Crippen LogP contribution is -2.32. The van der Waals surface area contributed by atoms with E-state index in [2.05, 4.69) is 18.6 Å². The van der Waals surface area contributed by atoms with Crippen molar-refractivity contribution in [2.45, 2.75) is 46.0 Å². The Hall–Kier alpha value is -2.31. The van der Waals surface area contributed by atoms with Gasteiger partial charge >= 0.3 is 0 Å². The molecule has 0 saturated heterocycles. The second-order valence-corrected chi connectivity index (χ2v) is 8.36. The summed E-state index contributed by atoms with van der Waals surface area (Å²) in [6.45, 7) is 9.85. The van der Waals surface area contributed by atoms with Crippen molar-refractivity contribution in [3.8, 4) is 16.9 Å². The van der Waals surface area contributed by atoms with Gasteiger partial charge in [-0.15, -0.1) is 0 Å². The van der Waals surface area contributed by atoms with Crippen LogP contribution in [0, 0.1) is 0 Å². The highest BCUT2D eigenvalue weighted by Gasteiger charge is 2.16. The maximum atomic E-state index is 11.8. The van der Waals surface area contributed by atoms with Crippen LogP contribution in [-0.4, -0.2) is 29.7 Å². The monoisotopic (exact) mass is 400 g/mol. The number of hydrogen-bond donors (Lipinski definition) is 1. The quantitative estimate of drug-likeness (QED) is 0.653. The van der Waals surface area contributed by atoms with Crippen LogP contribution in [0.1, 0.15) is 34.6 Å². The summed E-state index contributed by atoms with van der Waals surface area (Å²) in [5.74, 6) is 0.205. The van der Waals surface area contributed by atoms with Gasteiger partial charge in [0.1, 0.15) is 11.9 Å². The zero-order chi connectivity index (χ0) is 20.7. The van der Waals surface area contributed by atoms with Crippen LogP contribution < -0.4 is 14.4 Å². The molecule has 150 valence electrons. The Kier molecular flexibility index (Phi) is 8.08. The molecule has 0 radical (unpaired) electrons. The van der Waals surface area contributed by atoms with Crippen molar-refractivity contribution in [1.82, 2.24) is 4.72 Å². The fraction of sp³-hybridized carbons (Fsp3) is 0.364. The zero-order valence-corrected chi connectivity index (χ0v) is 17.9. The highest BCUT2D eigenvalue weighted by molar-refractivity contribution is 7.97. The number of carbonyl (C=O) groups is 2. The van der Waals surface area contributed by atoms with E-state index in [0.717, 1.165) is 23.4 Å². The maximum Gasteiger partial charge on any atom is 0.230 e. The summed E-state index contributed by atoms with van der Waals surface area (Å²) in [4.78, 5) is 24.7. The summed E-state index contributed by atoms with van der Waals surface area (Å²) in [7, 11) is 0. The molecule has 6 heteroatoms. The minimum Gasteiger partial charge on any atom is -0.489 e. The summed E-state index contributed by atoms with van der Waals surface area (Å²) in [5.41, 5.74) is 2.49. The number of anilines is 1. The molecule has 0 fully saturated rings. The summed E-state index contributed by atoms with van der Waals surface area (Å²) in [6.07, 6.45) is 0.0557. The molecule has 0 aliphatic heterocycles. The van der Waals surface area contributed by atoms with Crippen LogP contribution in [0.25, 0.3) is 11.1 Å². The van der Waals surface area contributed by atoms with Gasteiger partial charge in [0.25, 0.3) is 0 Å². The molecule has 5 nitrogen and oxygen atoms in total. The molecule has 1 unspecified atom stereocenters. The first-order valence-corrected chi connectivity index (χ1v) is 10.2. The Labute approximate surface area is 171 Å². The Morgan fingerprint density at radius 3 is 2.21 bits per heavy atom. The predicted molar refractivity (Wildman–Crippen MR) is 117 cm³/mol. The number of imide groups is 1. The summed E-state index contributed by atoms with van der Waals surface area (Å²) in [6, 6.07) is 15.2. The van der Waals surface area contributed by atoms with E-state index in [9.17, 15) is 9.59 Å². The van der Waals surface area contributed by atoms with Crippen molar-refractivity contribution in [3.63, 3.8) is 0 Å². The van der Waals surface area contributed by atoms with Gasteiger partial charge in [0.15, 0.2) is 0 Å². The highest BCUT2D eigenvalue weighted by atomic mass is 32.2. The molecule has 0 saturated carbocycles. The second kappa shape index (κ2) is 10.3. The van der Waals surface area contributed by atoms with E-state index in [-0.39, 0.29) is 17.9 Å². The summed E-state index contributed by atoms with van der Waals surface area (Å²) >= 11 is 1.70. The van der Waals surface area contributed by atoms with E-state index in [1.54, 1.807) is 18.0 Å². The van der Waals surface area contributed by atoms with Crippen molar-refractivity contribution in [2.75, 3.05) is 11.4 Å². The van der Waals surface area contributed by atoms with E-state index >= 15 is 0 Å². The van der Waals surface area contributed by atoms with Crippen molar-refractivity contribution in [2.24, 2.45) is 0 Å². The van der Waals surface area contributed by atoms with Crippen LogP contribution in [0.15, 0.2) is 48.5 Å². The van der Waals surface area contributed by atoms with Crippen LogP contribution in [0.5, 0.6) is 5.75 Å². The minimum atomic E-state index is -0.299. The van der Waals surface area contributed by atoms with Crippen LogP contribution in [0.3, 0.4) is 0 Å². The number of hydrogen-bond acceptors (Lipinski definition) is 5. The molecule has 2 amide bonds. The van der Waals surface area contributed by atoms with Gasteiger partial charge in [-0.25, -0.2) is 0 Å². The van der Waals surface area contributed by atoms with Crippen LogP contribution in [0.2, 0.25) is 0 Å². The lowest BCUT2D eigenvalue weighted by atomic mass is 10.0. The first-order valence-electron chi connectivity index (χ1n) is 9.35. The average molecular weight is 401 g/mol. The van der Waals surface area contributed by atoms with Gasteiger partial charge in [-0.3, -0.25) is 19.2 Å². The molecule has 1 atom stereocenters. The number of amides is 2. The van der Waals surface area contributed by atoms with Crippen molar-refractivity contribution >= 4 is 29.4 Å². The SMILES string of the molecule is CC(=O)N(C(C)=O)c1cccc(-c2ccc(OC(C)CNSC(C)C)cc2)c1. The van der Waals surface area contributed by atoms with Gasteiger partial charge < -0.3 is 4.74 Å². The van der Waals surface area contributed by atoms with Gasteiger partial charge in [0, 0.05) is 25.6 Å². The van der Waals surface area contributed by atoms with Crippen LogP contribution in [-0.2, 0) is 9.59 Å². The largest absolute Gasteiger partial charge is 0.489 e. The number of ether oxygens (including phenoxy) is 1. The van der Waals surface area contributed by atoms with Gasteiger partial charge in [-0.1, -0.05) is 50.1 Å². The topological polar surface area (TPSA) is 58.6 Å². The normalized spacial score (nSPS) is 11.9. The molecule has 28 heavy (non-hydrogen) atoms. The lowest BCUT2D eigenvalue weighted by molar-refractivity contribution is -0.124. The van der Waals surface area contributed by atoms with Gasteiger partial charge in [-0.2, -0.15) is 0 Å². The Morgan fingerprint density at radius 2 is 1.64 bits per heavy atom. The molecule has 1 N–H and O–H groups in total. The van der Waals surface area contributed by atoms with Gasteiger partial charge in [0.2, 0.25) is 11.8 Å². The van der Waals surface area contributed by atoms with Gasteiger partial charge in [0.05, 0.1) is 5.69 Å². The minimum absolute atomic E-state index is 0.0557. The molecule has 2 aromatic carbocycles. The standard InChI is InChI=1S/C22H28N2O3S/c1-15(2)28-23-14-16(3)27-22-11-9-19(10-12-22)20-7-6-8-21(13-20)24(17(4)25)18(5)26/h6-13,15-16,23H,14H2,1-5H3. The molecule has 0 bridgehead atoms. The third-order valence-electron chi connectivity index (χ3n) is 3.95. The third-order valence-corrected chi connectivity index (χ3v) is 4.75. The molecule has 2 rings (SSSR count). The van der Waals surface area contributed by atoms with E-state index in [4.69, 9.17) is 4.74 Å². The highest BCUT2D eigenvalue weighted by Crippen LogP contribution is 2.27. The predicted octanol–water partition coefficient (Wildman–Crippen LogP) is 4.67. The maximum absolute atomic E-state index is 11.8. The van der Waals surface area contributed by atoms with Crippen LogP contribution in [0.4, 0.5) is 5.69 Å². The third kappa shape index (κ3) is 6.39. The van der Waals surface area contributed by atoms with E-state index < -0.39 is 0 Å². The van der Waals surface area contributed by atoms with Crippen molar-refractivity contribution in [3.05, 3.63) is 48.5 Å². The fourth-order valence-electron chi connectivity index (χ4n) is 2.74. The summed E-state index contributed by atoms with van der Waals surface area (Å²) in [5, 5.41) is 0.532. The molecule has 0 heterocycles. The Bertz CT molecular complexity index is 792. The average Bonchev–Trinajstić information content (AvgIpc) is 2.61. The first-order chi connectivity index (χ1) is 13.3. The van der Waals surface area contributed by atoms with Gasteiger partial charge in [-0.05, 0) is 42.3 Å². The number of carbonyl (C=O) groups excluding carboxylic acids is 2. The Balaban J connectivity index is 2.08. The molecule has 2 aromatic rings. The first kappa shape index (κ1) is 22.0.